The fourth-order valence-electron chi connectivity index (χ4n) is 2.11. The minimum absolute atomic E-state index is 0.258. The van der Waals surface area contributed by atoms with Crippen molar-refractivity contribution in [1.82, 2.24) is 0 Å². The van der Waals surface area contributed by atoms with Gasteiger partial charge >= 0.3 is 11.9 Å². The second-order valence-corrected chi connectivity index (χ2v) is 6.20. The van der Waals surface area contributed by atoms with Crippen molar-refractivity contribution in [2.24, 2.45) is 0 Å². The number of anilines is 1. The third kappa shape index (κ3) is 6.31. The second kappa shape index (κ2) is 11.0. The Balaban J connectivity index is 1.98. The number of benzene rings is 2. The van der Waals surface area contributed by atoms with E-state index in [4.69, 9.17) is 9.47 Å². The number of methoxy groups -OCH3 is 2. The van der Waals surface area contributed by atoms with Gasteiger partial charge in [-0.1, -0.05) is 18.2 Å². The van der Waals surface area contributed by atoms with Gasteiger partial charge in [0.2, 0.25) is 0 Å². The fourth-order valence-corrected chi connectivity index (χ4v) is 2.47. The number of nitrogens with one attached hydrogen (secondary N) is 1. The summed E-state index contributed by atoms with van der Waals surface area (Å²) in [6.45, 7) is 0.713. The second-order valence-electron chi connectivity index (χ2n) is 5.34. The number of hydrogen-bond acceptors (Lipinski definition) is 7. The van der Waals surface area contributed by atoms with Gasteiger partial charge in [0, 0.05) is 18.0 Å². The molecule has 148 valence electrons. The van der Waals surface area contributed by atoms with Crippen LogP contribution in [0.4, 0.5) is 5.69 Å². The molecule has 8 heteroatoms. The van der Waals surface area contributed by atoms with Gasteiger partial charge in [-0.15, -0.1) is 0 Å². The molecule has 7 nitrogen and oxygen atoms in total. The lowest BCUT2D eigenvalue weighted by atomic mass is 10.2. The molecule has 0 bridgehead atoms. The summed E-state index contributed by atoms with van der Waals surface area (Å²) < 4.78 is 21.2. The van der Waals surface area contributed by atoms with Gasteiger partial charge < -0.3 is 24.3 Å². The van der Waals surface area contributed by atoms with Crippen LogP contribution >= 0.6 is 15.9 Å². The molecule has 0 amide bonds. The quantitative estimate of drug-likeness (QED) is 0.206. The molecule has 0 aromatic heterocycles. The molecule has 0 aliphatic carbocycles. The van der Waals surface area contributed by atoms with Crippen LogP contribution in [0.3, 0.4) is 0 Å². The molecule has 2 aromatic rings. The van der Waals surface area contributed by atoms with Crippen molar-refractivity contribution < 1.29 is 28.5 Å². The average molecular weight is 450 g/mol. The number of carbonyl (C=O) groups is 2. The Labute approximate surface area is 171 Å². The molecule has 2 rings (SSSR count). The van der Waals surface area contributed by atoms with E-state index in [0.29, 0.717) is 24.7 Å². The van der Waals surface area contributed by atoms with E-state index in [1.807, 2.05) is 30.3 Å². The maximum absolute atomic E-state index is 11.7. The molecule has 0 atom stereocenters. The molecule has 0 saturated heterocycles. The molecule has 0 spiro atoms. The molecule has 0 fully saturated rings. The molecule has 1 N–H and O–H groups in total. The first-order valence-electron chi connectivity index (χ1n) is 8.28. The summed E-state index contributed by atoms with van der Waals surface area (Å²) in [6, 6.07) is 14.7. The Morgan fingerprint density at radius 3 is 2.25 bits per heavy atom. The van der Waals surface area contributed by atoms with Gasteiger partial charge in [-0.05, 0) is 40.2 Å². The highest BCUT2D eigenvalue weighted by Gasteiger charge is 2.19. The molecule has 0 heterocycles. The van der Waals surface area contributed by atoms with Crippen LogP contribution in [0.2, 0.25) is 0 Å². The van der Waals surface area contributed by atoms with Crippen molar-refractivity contribution in [3.8, 4) is 11.5 Å². The first kappa shape index (κ1) is 21.3. The highest BCUT2D eigenvalue weighted by Crippen LogP contribution is 2.28. The smallest absolute Gasteiger partial charge is 0.346 e. The molecule has 0 radical (unpaired) electrons. The zero-order valence-corrected chi connectivity index (χ0v) is 17.0. The van der Waals surface area contributed by atoms with Crippen LogP contribution in [-0.2, 0) is 19.1 Å². The SMILES string of the molecule is COC(=O)C(=CNc1ccc(Br)c(OCCOc2ccccc2)c1)C(=O)OC. The van der Waals surface area contributed by atoms with Gasteiger partial charge in [-0.2, -0.15) is 0 Å². The Morgan fingerprint density at radius 2 is 1.61 bits per heavy atom. The summed E-state index contributed by atoms with van der Waals surface area (Å²) in [5, 5.41) is 2.86. The summed E-state index contributed by atoms with van der Waals surface area (Å²) >= 11 is 3.42. The third-order valence-electron chi connectivity index (χ3n) is 3.48. The van der Waals surface area contributed by atoms with Crippen molar-refractivity contribution in [1.29, 1.82) is 0 Å². The molecule has 2 aromatic carbocycles. The lowest BCUT2D eigenvalue weighted by Gasteiger charge is -2.11. The highest BCUT2D eigenvalue weighted by molar-refractivity contribution is 9.10. The van der Waals surface area contributed by atoms with E-state index in [-0.39, 0.29) is 5.57 Å². The van der Waals surface area contributed by atoms with E-state index in [9.17, 15) is 9.59 Å². The van der Waals surface area contributed by atoms with E-state index >= 15 is 0 Å². The molecule has 0 unspecified atom stereocenters. The predicted octanol–water partition coefficient (Wildman–Crippen LogP) is 3.55. The molecular weight excluding hydrogens is 430 g/mol. The molecule has 0 aliphatic heterocycles. The number of para-hydroxylation sites is 1. The minimum Gasteiger partial charge on any atom is -0.490 e. The Kier molecular flexibility index (Phi) is 8.36. The van der Waals surface area contributed by atoms with E-state index in [2.05, 4.69) is 30.7 Å². The van der Waals surface area contributed by atoms with Gasteiger partial charge in [0.15, 0.2) is 5.57 Å². The largest absolute Gasteiger partial charge is 0.490 e. The maximum atomic E-state index is 11.7. The fraction of sp³-hybridized carbons (Fsp3) is 0.200. The Morgan fingerprint density at radius 1 is 0.964 bits per heavy atom. The van der Waals surface area contributed by atoms with Crippen LogP contribution in [0.15, 0.2) is 64.8 Å². The average Bonchev–Trinajstić information content (AvgIpc) is 2.73. The van der Waals surface area contributed by atoms with Crippen molar-refractivity contribution in [3.63, 3.8) is 0 Å². The van der Waals surface area contributed by atoms with E-state index in [1.54, 1.807) is 18.2 Å². The van der Waals surface area contributed by atoms with E-state index in [1.165, 1.54) is 20.4 Å². The van der Waals surface area contributed by atoms with Crippen molar-refractivity contribution >= 4 is 33.6 Å². The van der Waals surface area contributed by atoms with Crippen LogP contribution in [0.5, 0.6) is 11.5 Å². The first-order valence-corrected chi connectivity index (χ1v) is 9.08. The third-order valence-corrected chi connectivity index (χ3v) is 4.13. The van der Waals surface area contributed by atoms with E-state index in [0.717, 1.165) is 10.2 Å². The predicted molar refractivity (Wildman–Crippen MR) is 107 cm³/mol. The molecule has 28 heavy (non-hydrogen) atoms. The Bertz CT molecular complexity index is 820. The van der Waals surface area contributed by atoms with Gasteiger partial charge in [0.05, 0.1) is 18.7 Å². The van der Waals surface area contributed by atoms with Crippen LogP contribution in [0.25, 0.3) is 0 Å². The zero-order chi connectivity index (χ0) is 20.4. The highest BCUT2D eigenvalue weighted by atomic mass is 79.9. The van der Waals surface area contributed by atoms with Gasteiger partial charge in [-0.25, -0.2) is 9.59 Å². The number of esters is 2. The van der Waals surface area contributed by atoms with Crippen LogP contribution in [0, 0.1) is 0 Å². The summed E-state index contributed by atoms with van der Waals surface area (Å²) in [4.78, 5) is 23.3. The lowest BCUT2D eigenvalue weighted by molar-refractivity contribution is -0.144. The van der Waals surface area contributed by atoms with Crippen molar-refractivity contribution in [3.05, 3.63) is 64.8 Å². The summed E-state index contributed by atoms with van der Waals surface area (Å²) in [5.74, 6) is -0.256. The molecule has 0 saturated carbocycles. The number of halogens is 1. The minimum atomic E-state index is -0.800. The normalized spacial score (nSPS) is 9.82. The summed E-state index contributed by atoms with van der Waals surface area (Å²) in [5.41, 5.74) is 0.346. The lowest BCUT2D eigenvalue weighted by Crippen LogP contribution is -2.17. The summed E-state index contributed by atoms with van der Waals surface area (Å²) in [6.07, 6.45) is 1.23. The van der Waals surface area contributed by atoms with Gasteiger partial charge in [-0.3, -0.25) is 0 Å². The van der Waals surface area contributed by atoms with E-state index < -0.39 is 11.9 Å². The number of rotatable bonds is 9. The topological polar surface area (TPSA) is 83.1 Å². The van der Waals surface area contributed by atoms with Crippen LogP contribution in [0.1, 0.15) is 0 Å². The number of carbonyl (C=O) groups excluding carboxylic acids is 2. The zero-order valence-electron chi connectivity index (χ0n) is 15.4. The Hall–Kier alpha value is -3.00. The molecule has 0 aliphatic rings. The van der Waals surface area contributed by atoms with Crippen molar-refractivity contribution in [2.45, 2.75) is 0 Å². The van der Waals surface area contributed by atoms with Crippen molar-refractivity contribution in [2.75, 3.05) is 32.8 Å². The first-order chi connectivity index (χ1) is 13.5. The van der Waals surface area contributed by atoms with Gasteiger partial charge in [0.25, 0.3) is 0 Å². The molecular formula is C20H20BrNO6. The van der Waals surface area contributed by atoms with Gasteiger partial charge in [0.1, 0.15) is 24.7 Å². The summed E-state index contributed by atoms with van der Waals surface area (Å²) in [7, 11) is 2.37. The van der Waals surface area contributed by atoms with Crippen LogP contribution in [-0.4, -0.2) is 39.4 Å². The maximum Gasteiger partial charge on any atom is 0.346 e. The standard InChI is InChI=1S/C20H20BrNO6/c1-25-19(23)16(20(24)26-2)13-22-14-8-9-17(21)18(12-14)28-11-10-27-15-6-4-3-5-7-15/h3-9,12-13,22H,10-11H2,1-2H3. The number of ether oxygens (including phenoxy) is 4. The number of hydrogen-bond donors (Lipinski definition) is 1. The monoisotopic (exact) mass is 449 g/mol. The van der Waals surface area contributed by atoms with Crippen LogP contribution < -0.4 is 14.8 Å².